The molecule has 0 aliphatic carbocycles. The summed E-state index contributed by atoms with van der Waals surface area (Å²) in [5.41, 5.74) is 0. The summed E-state index contributed by atoms with van der Waals surface area (Å²) in [4.78, 5) is 7.58. The van der Waals surface area contributed by atoms with Crippen molar-refractivity contribution in [3.8, 4) is 0 Å². The van der Waals surface area contributed by atoms with E-state index >= 15 is 0 Å². The summed E-state index contributed by atoms with van der Waals surface area (Å²) in [6.07, 6.45) is 4.32. The van der Waals surface area contributed by atoms with Crippen molar-refractivity contribution in [1.29, 1.82) is 0 Å². The van der Waals surface area contributed by atoms with Gasteiger partial charge in [-0.25, -0.2) is 0 Å². The molecule has 0 aromatic heterocycles. The van der Waals surface area contributed by atoms with Crippen LogP contribution in [0.25, 0.3) is 0 Å². The lowest BCUT2D eigenvalue weighted by atomic mass is 10.00. The summed E-state index contributed by atoms with van der Waals surface area (Å²) in [6.45, 7) is 10.4. The number of rotatable bonds is 0. The Morgan fingerprint density at radius 2 is 1.55 bits per heavy atom. The summed E-state index contributed by atoms with van der Waals surface area (Å²) < 4.78 is 0. The van der Waals surface area contributed by atoms with Crippen LogP contribution in [0.3, 0.4) is 0 Å². The second kappa shape index (κ2) is 6.73. The van der Waals surface area contributed by atoms with Gasteiger partial charge in [-0.3, -0.25) is 4.90 Å². The van der Waals surface area contributed by atoms with Crippen LogP contribution < -0.4 is 5.32 Å². The average molecular weight is 280 g/mol. The van der Waals surface area contributed by atoms with Crippen LogP contribution in [-0.2, 0) is 0 Å². The molecule has 4 aliphatic heterocycles. The van der Waals surface area contributed by atoms with Gasteiger partial charge in [-0.05, 0) is 58.4 Å². The van der Waals surface area contributed by atoms with Gasteiger partial charge in [-0.15, -0.1) is 0 Å². The molecule has 0 bridgehead atoms. The minimum absolute atomic E-state index is 0.891. The number of hydrogen-bond acceptors (Lipinski definition) is 4. The standard InChI is InChI=1S/C9H18N2.C7H14N2/c1-10-6-7-11-5-3-2-4-9(11)8-10;1-9-4-6-2-8-3-7(6)5-9/h9H,2-8H2,1H3;6-8H,2-5H2,1H3. The van der Waals surface area contributed by atoms with Crippen molar-refractivity contribution in [1.82, 2.24) is 20.0 Å². The van der Waals surface area contributed by atoms with Crippen LogP contribution in [0.2, 0.25) is 0 Å². The van der Waals surface area contributed by atoms with Crippen molar-refractivity contribution in [3.05, 3.63) is 0 Å². The number of nitrogens with one attached hydrogen (secondary N) is 1. The molecule has 3 atom stereocenters. The number of piperidine rings is 1. The van der Waals surface area contributed by atoms with Gasteiger partial charge in [-0.1, -0.05) is 6.42 Å². The van der Waals surface area contributed by atoms with Crippen LogP contribution in [0, 0.1) is 11.8 Å². The first kappa shape index (κ1) is 14.8. The summed E-state index contributed by atoms with van der Waals surface area (Å²) in [5.74, 6) is 1.94. The predicted octanol–water partition coefficient (Wildman–Crippen LogP) is 0.554. The molecule has 116 valence electrons. The summed E-state index contributed by atoms with van der Waals surface area (Å²) in [5, 5.41) is 3.42. The predicted molar refractivity (Wildman–Crippen MR) is 84.1 cm³/mol. The van der Waals surface area contributed by atoms with E-state index in [0.717, 1.165) is 17.9 Å². The number of piperazine rings is 1. The molecule has 4 heteroatoms. The maximum absolute atomic E-state index is 3.42. The van der Waals surface area contributed by atoms with E-state index in [1.807, 2.05) is 0 Å². The third kappa shape index (κ3) is 3.53. The molecule has 4 heterocycles. The van der Waals surface area contributed by atoms with Crippen molar-refractivity contribution in [2.24, 2.45) is 11.8 Å². The topological polar surface area (TPSA) is 21.8 Å². The molecule has 4 rings (SSSR count). The second-order valence-corrected chi connectivity index (χ2v) is 7.35. The minimum atomic E-state index is 0.891. The van der Waals surface area contributed by atoms with Gasteiger partial charge in [0.1, 0.15) is 0 Å². The summed E-state index contributed by atoms with van der Waals surface area (Å²) >= 11 is 0. The average Bonchev–Trinajstić information content (AvgIpc) is 2.99. The molecule has 3 unspecified atom stereocenters. The van der Waals surface area contributed by atoms with Crippen molar-refractivity contribution in [3.63, 3.8) is 0 Å². The quantitative estimate of drug-likeness (QED) is 0.700. The zero-order valence-electron chi connectivity index (χ0n) is 13.4. The maximum atomic E-state index is 3.42. The largest absolute Gasteiger partial charge is 0.316 e. The molecule has 0 aromatic carbocycles. The smallest absolute Gasteiger partial charge is 0.0223 e. The highest BCUT2D eigenvalue weighted by atomic mass is 15.3. The number of likely N-dealkylation sites (tertiary alicyclic amines) is 1. The lowest BCUT2D eigenvalue weighted by Gasteiger charge is -2.42. The van der Waals surface area contributed by atoms with Gasteiger partial charge in [0.2, 0.25) is 0 Å². The lowest BCUT2D eigenvalue weighted by molar-refractivity contribution is 0.0623. The Hall–Kier alpha value is -0.160. The molecule has 0 aromatic rings. The first-order valence-electron chi connectivity index (χ1n) is 8.54. The number of hydrogen-bond donors (Lipinski definition) is 1. The van der Waals surface area contributed by atoms with Crippen LogP contribution in [0.5, 0.6) is 0 Å². The van der Waals surface area contributed by atoms with Crippen LogP contribution in [0.4, 0.5) is 0 Å². The molecule has 0 saturated carbocycles. The maximum Gasteiger partial charge on any atom is 0.0223 e. The third-order valence-electron chi connectivity index (χ3n) is 5.61. The molecule has 4 aliphatic rings. The molecular formula is C16H32N4. The highest BCUT2D eigenvalue weighted by molar-refractivity contribution is 4.89. The highest BCUT2D eigenvalue weighted by Gasteiger charge is 2.33. The Kier molecular flexibility index (Phi) is 4.97. The molecular weight excluding hydrogens is 248 g/mol. The molecule has 1 N–H and O–H groups in total. The Bertz CT molecular complexity index is 297. The van der Waals surface area contributed by atoms with E-state index < -0.39 is 0 Å². The van der Waals surface area contributed by atoms with Crippen molar-refractivity contribution in [2.75, 3.05) is 66.5 Å². The molecule has 20 heavy (non-hydrogen) atoms. The van der Waals surface area contributed by atoms with Crippen LogP contribution in [-0.4, -0.2) is 87.2 Å². The van der Waals surface area contributed by atoms with Gasteiger partial charge in [0.25, 0.3) is 0 Å². The van der Waals surface area contributed by atoms with Gasteiger partial charge < -0.3 is 15.1 Å². The first-order valence-corrected chi connectivity index (χ1v) is 8.54. The summed E-state index contributed by atoms with van der Waals surface area (Å²) in [7, 11) is 4.46. The molecule has 4 nitrogen and oxygen atoms in total. The lowest BCUT2D eigenvalue weighted by Crippen LogP contribution is -2.53. The van der Waals surface area contributed by atoms with E-state index in [4.69, 9.17) is 0 Å². The Morgan fingerprint density at radius 3 is 2.30 bits per heavy atom. The van der Waals surface area contributed by atoms with Crippen molar-refractivity contribution >= 4 is 0 Å². The third-order valence-corrected chi connectivity index (χ3v) is 5.61. The SMILES string of the molecule is CN1CC2CNCC2C1.CN1CCN2CCCCC2C1. The van der Waals surface area contributed by atoms with Crippen LogP contribution in [0.15, 0.2) is 0 Å². The Labute approximate surface area is 124 Å². The number of fused-ring (bicyclic) bond motifs is 2. The fourth-order valence-corrected chi connectivity index (χ4v) is 4.40. The fraction of sp³-hybridized carbons (Fsp3) is 1.00. The highest BCUT2D eigenvalue weighted by Crippen LogP contribution is 2.24. The van der Waals surface area contributed by atoms with Gasteiger partial charge >= 0.3 is 0 Å². The van der Waals surface area contributed by atoms with Crippen molar-refractivity contribution in [2.45, 2.75) is 25.3 Å². The van der Waals surface area contributed by atoms with E-state index in [9.17, 15) is 0 Å². The fourth-order valence-electron chi connectivity index (χ4n) is 4.40. The monoisotopic (exact) mass is 280 g/mol. The number of likely N-dealkylation sites (N-methyl/N-ethyl adjacent to an activating group) is 1. The van der Waals surface area contributed by atoms with Crippen LogP contribution in [0.1, 0.15) is 19.3 Å². The Balaban J connectivity index is 0.000000123. The molecule has 0 spiro atoms. The second-order valence-electron chi connectivity index (χ2n) is 7.35. The molecule has 0 amide bonds. The van der Waals surface area contributed by atoms with E-state index in [1.54, 1.807) is 0 Å². The van der Waals surface area contributed by atoms with Gasteiger partial charge in [0, 0.05) is 38.8 Å². The van der Waals surface area contributed by atoms with Gasteiger partial charge in [0.05, 0.1) is 0 Å². The first-order chi connectivity index (χ1) is 9.72. The van der Waals surface area contributed by atoms with E-state index in [1.165, 1.54) is 71.6 Å². The van der Waals surface area contributed by atoms with E-state index in [2.05, 4.69) is 34.1 Å². The Morgan fingerprint density at radius 1 is 0.800 bits per heavy atom. The minimum Gasteiger partial charge on any atom is -0.316 e. The summed E-state index contributed by atoms with van der Waals surface area (Å²) in [6, 6.07) is 0.891. The molecule has 4 fully saturated rings. The van der Waals surface area contributed by atoms with Crippen molar-refractivity contribution < 1.29 is 0 Å². The van der Waals surface area contributed by atoms with Gasteiger partial charge in [0.15, 0.2) is 0 Å². The molecule has 0 radical (unpaired) electrons. The van der Waals surface area contributed by atoms with Gasteiger partial charge in [-0.2, -0.15) is 0 Å². The van der Waals surface area contributed by atoms with E-state index in [0.29, 0.717) is 0 Å². The normalized spacial score (nSPS) is 39.0. The van der Waals surface area contributed by atoms with Crippen LogP contribution >= 0.6 is 0 Å². The molecule has 4 saturated heterocycles. The zero-order valence-corrected chi connectivity index (χ0v) is 13.4. The number of nitrogens with zero attached hydrogens (tertiary/aromatic N) is 3. The zero-order chi connectivity index (χ0) is 13.9. The van der Waals surface area contributed by atoms with E-state index in [-0.39, 0.29) is 0 Å².